The molecule has 14 heavy (non-hydrogen) atoms. The van der Waals surface area contributed by atoms with Gasteiger partial charge in [0.15, 0.2) is 0 Å². The van der Waals surface area contributed by atoms with Crippen LogP contribution in [0.25, 0.3) is 0 Å². The summed E-state index contributed by atoms with van der Waals surface area (Å²) in [5, 5.41) is 20.2. The summed E-state index contributed by atoms with van der Waals surface area (Å²) >= 11 is 0. The van der Waals surface area contributed by atoms with Crippen molar-refractivity contribution >= 4 is 0 Å². The van der Waals surface area contributed by atoms with E-state index in [0.717, 1.165) is 31.8 Å². The lowest BCUT2D eigenvalue weighted by atomic mass is 10.1. The van der Waals surface area contributed by atoms with Crippen LogP contribution in [0.4, 0.5) is 0 Å². The summed E-state index contributed by atoms with van der Waals surface area (Å²) in [5.74, 6) is 0.929. The Balaban J connectivity index is 1.76. The van der Waals surface area contributed by atoms with Crippen molar-refractivity contribution in [2.45, 2.75) is 19.4 Å². The highest BCUT2D eigenvalue weighted by Crippen LogP contribution is 2.44. The van der Waals surface area contributed by atoms with Crippen LogP contribution < -0.4 is 5.32 Å². The van der Waals surface area contributed by atoms with Gasteiger partial charge in [0.05, 0.1) is 6.54 Å². The average Bonchev–Trinajstić information content (AvgIpc) is 2.86. The minimum absolute atomic E-state index is 0.165. The molecule has 0 saturated heterocycles. The quantitative estimate of drug-likeness (QED) is 0.677. The highest BCUT2D eigenvalue weighted by molar-refractivity contribution is 4.95. The first-order valence-electron chi connectivity index (χ1n) is 4.90. The predicted molar refractivity (Wildman–Crippen MR) is 51.5 cm³/mol. The van der Waals surface area contributed by atoms with Crippen molar-refractivity contribution in [3.05, 3.63) is 12.2 Å². The second-order valence-electron chi connectivity index (χ2n) is 4.12. The molecule has 1 aliphatic carbocycles. The van der Waals surface area contributed by atoms with Crippen LogP contribution >= 0.6 is 0 Å². The summed E-state index contributed by atoms with van der Waals surface area (Å²) in [5.41, 5.74) is 0.165. The van der Waals surface area contributed by atoms with E-state index in [1.165, 1.54) is 0 Å². The number of aliphatic hydroxyl groups excluding tert-OH is 1. The second kappa shape index (κ2) is 3.67. The lowest BCUT2D eigenvalue weighted by Gasteiger charge is -2.11. The zero-order valence-corrected chi connectivity index (χ0v) is 8.40. The number of nitrogens with one attached hydrogen (secondary N) is 1. The Kier molecular flexibility index (Phi) is 2.52. The van der Waals surface area contributed by atoms with Crippen molar-refractivity contribution in [2.75, 3.05) is 13.2 Å². The molecule has 1 aromatic rings. The molecule has 0 aromatic carbocycles. The molecule has 0 aliphatic heterocycles. The van der Waals surface area contributed by atoms with Crippen molar-refractivity contribution in [2.24, 2.45) is 12.5 Å². The van der Waals surface area contributed by atoms with E-state index in [1.807, 2.05) is 11.6 Å². The van der Waals surface area contributed by atoms with Crippen molar-refractivity contribution in [3.63, 3.8) is 0 Å². The van der Waals surface area contributed by atoms with Gasteiger partial charge in [-0.2, -0.15) is 0 Å². The number of hydrogen-bond donors (Lipinski definition) is 2. The minimum atomic E-state index is 0.165. The molecule has 78 valence electrons. The predicted octanol–water partition coefficient (Wildman–Crippen LogP) is -0.323. The molecule has 0 atom stereocenters. The third-order valence-electron chi connectivity index (χ3n) is 2.88. The molecule has 0 amide bonds. The fourth-order valence-corrected chi connectivity index (χ4v) is 1.47. The van der Waals surface area contributed by atoms with E-state index in [2.05, 4.69) is 15.5 Å². The molecule has 5 nitrogen and oxygen atoms in total. The first kappa shape index (κ1) is 9.61. The Morgan fingerprint density at radius 2 is 2.43 bits per heavy atom. The first-order chi connectivity index (χ1) is 6.76. The summed E-state index contributed by atoms with van der Waals surface area (Å²) in [6.45, 7) is 1.88. The standard InChI is InChI=1S/C9H16N4O/c1-13-7-11-12-8(13)4-10-5-9(6-14)2-3-9/h7,10,14H,2-6H2,1H3. The number of aryl methyl sites for hydroxylation is 1. The maximum absolute atomic E-state index is 9.10. The van der Waals surface area contributed by atoms with Crippen LogP contribution in [0, 0.1) is 5.41 Å². The minimum Gasteiger partial charge on any atom is -0.396 e. The second-order valence-corrected chi connectivity index (χ2v) is 4.12. The van der Waals surface area contributed by atoms with Gasteiger partial charge in [0.1, 0.15) is 12.2 Å². The van der Waals surface area contributed by atoms with Gasteiger partial charge in [0.2, 0.25) is 0 Å². The molecule has 1 heterocycles. The van der Waals surface area contributed by atoms with Gasteiger partial charge in [-0.25, -0.2) is 0 Å². The SMILES string of the molecule is Cn1cnnc1CNCC1(CO)CC1. The van der Waals surface area contributed by atoms with Gasteiger partial charge in [0.25, 0.3) is 0 Å². The lowest BCUT2D eigenvalue weighted by Crippen LogP contribution is -2.27. The first-order valence-corrected chi connectivity index (χ1v) is 4.90. The third kappa shape index (κ3) is 1.93. The van der Waals surface area contributed by atoms with E-state index in [4.69, 9.17) is 5.11 Å². The molecule has 0 radical (unpaired) electrons. The highest BCUT2D eigenvalue weighted by Gasteiger charge is 2.41. The van der Waals surface area contributed by atoms with Crippen LogP contribution in [0.2, 0.25) is 0 Å². The molecule has 2 rings (SSSR count). The monoisotopic (exact) mass is 196 g/mol. The number of aromatic nitrogens is 3. The van der Waals surface area contributed by atoms with Crippen LogP contribution in [0.3, 0.4) is 0 Å². The van der Waals surface area contributed by atoms with Crippen LogP contribution in [-0.4, -0.2) is 33.0 Å². The zero-order chi connectivity index (χ0) is 10.0. The molecule has 1 fully saturated rings. The van der Waals surface area contributed by atoms with Crippen molar-refractivity contribution < 1.29 is 5.11 Å². The Morgan fingerprint density at radius 3 is 2.93 bits per heavy atom. The summed E-state index contributed by atoms with van der Waals surface area (Å²) in [4.78, 5) is 0. The zero-order valence-electron chi connectivity index (χ0n) is 8.40. The fourth-order valence-electron chi connectivity index (χ4n) is 1.47. The fraction of sp³-hybridized carbons (Fsp3) is 0.778. The van der Waals surface area contributed by atoms with Crippen molar-refractivity contribution in [1.29, 1.82) is 0 Å². The smallest absolute Gasteiger partial charge is 0.146 e. The maximum Gasteiger partial charge on any atom is 0.146 e. The number of rotatable bonds is 5. The van der Waals surface area contributed by atoms with E-state index in [0.29, 0.717) is 6.61 Å². The largest absolute Gasteiger partial charge is 0.396 e. The molecule has 1 saturated carbocycles. The van der Waals surface area contributed by atoms with Crippen LogP contribution in [0.1, 0.15) is 18.7 Å². The molecule has 1 aromatic heterocycles. The van der Waals surface area contributed by atoms with Crippen LogP contribution in [0.5, 0.6) is 0 Å². The molecule has 5 heteroatoms. The van der Waals surface area contributed by atoms with Crippen molar-refractivity contribution in [1.82, 2.24) is 20.1 Å². The van der Waals surface area contributed by atoms with E-state index < -0.39 is 0 Å². The number of hydrogen-bond acceptors (Lipinski definition) is 4. The van der Waals surface area contributed by atoms with Gasteiger partial charge in [-0.1, -0.05) is 0 Å². The summed E-state index contributed by atoms with van der Waals surface area (Å²) < 4.78 is 1.89. The molecular formula is C9H16N4O. The molecule has 0 bridgehead atoms. The van der Waals surface area contributed by atoms with Gasteiger partial charge >= 0.3 is 0 Å². The number of aliphatic hydroxyl groups is 1. The molecular weight excluding hydrogens is 180 g/mol. The highest BCUT2D eigenvalue weighted by atomic mass is 16.3. The van der Waals surface area contributed by atoms with Crippen LogP contribution in [0.15, 0.2) is 6.33 Å². The van der Waals surface area contributed by atoms with E-state index in [-0.39, 0.29) is 5.41 Å². The summed E-state index contributed by atoms with van der Waals surface area (Å²) in [6.07, 6.45) is 3.96. The summed E-state index contributed by atoms with van der Waals surface area (Å²) in [6, 6.07) is 0. The van der Waals surface area contributed by atoms with E-state index in [1.54, 1.807) is 6.33 Å². The molecule has 2 N–H and O–H groups in total. The van der Waals surface area contributed by atoms with E-state index >= 15 is 0 Å². The third-order valence-corrected chi connectivity index (χ3v) is 2.88. The Labute approximate surface area is 83.2 Å². The molecule has 1 aliphatic rings. The Hall–Kier alpha value is -0.940. The number of nitrogens with zero attached hydrogens (tertiary/aromatic N) is 3. The van der Waals surface area contributed by atoms with Gasteiger partial charge in [-0.3, -0.25) is 0 Å². The van der Waals surface area contributed by atoms with Gasteiger partial charge in [-0.05, 0) is 12.8 Å². The lowest BCUT2D eigenvalue weighted by molar-refractivity contribution is 0.207. The normalized spacial score (nSPS) is 18.4. The van der Waals surface area contributed by atoms with Gasteiger partial charge < -0.3 is 15.0 Å². The van der Waals surface area contributed by atoms with Gasteiger partial charge in [0, 0.05) is 25.6 Å². The van der Waals surface area contributed by atoms with E-state index in [9.17, 15) is 0 Å². The average molecular weight is 196 g/mol. The Morgan fingerprint density at radius 1 is 1.64 bits per heavy atom. The Bertz CT molecular complexity index is 306. The maximum atomic E-state index is 9.10. The molecule has 0 unspecified atom stereocenters. The summed E-state index contributed by atoms with van der Waals surface area (Å²) in [7, 11) is 1.93. The van der Waals surface area contributed by atoms with Crippen molar-refractivity contribution in [3.8, 4) is 0 Å². The van der Waals surface area contributed by atoms with Gasteiger partial charge in [-0.15, -0.1) is 10.2 Å². The molecule has 0 spiro atoms. The topological polar surface area (TPSA) is 63.0 Å². The van der Waals surface area contributed by atoms with Crippen LogP contribution in [-0.2, 0) is 13.6 Å².